The van der Waals surface area contributed by atoms with Crippen LogP contribution in [0.25, 0.3) is 11.4 Å². The van der Waals surface area contributed by atoms with Gasteiger partial charge in [-0.05, 0) is 19.4 Å². The molecule has 0 atom stereocenters. The number of alkyl halides is 1. The number of rotatable bonds is 5. The summed E-state index contributed by atoms with van der Waals surface area (Å²) in [4.78, 5) is 10.9. The standard InChI is InChI=1S/C13H15BrN4O2/c1-3-7-17-11(8-14)15-16-13(17)10-6-4-5-9(2)12(10)18(19)20/h4-6H,3,7-8H2,1-2H3. The Morgan fingerprint density at radius 1 is 1.40 bits per heavy atom. The lowest BCUT2D eigenvalue weighted by Gasteiger charge is -2.09. The Morgan fingerprint density at radius 2 is 2.15 bits per heavy atom. The third-order valence-corrected chi connectivity index (χ3v) is 3.56. The number of halogens is 1. The summed E-state index contributed by atoms with van der Waals surface area (Å²) >= 11 is 3.37. The van der Waals surface area contributed by atoms with Crippen molar-refractivity contribution >= 4 is 21.6 Å². The van der Waals surface area contributed by atoms with Gasteiger partial charge in [0.25, 0.3) is 5.69 Å². The van der Waals surface area contributed by atoms with Gasteiger partial charge in [0.05, 0.1) is 15.8 Å². The Kier molecular flexibility index (Phi) is 4.49. The molecule has 2 aromatic rings. The molecule has 0 spiro atoms. The Labute approximate surface area is 125 Å². The van der Waals surface area contributed by atoms with E-state index in [0.717, 1.165) is 18.8 Å². The third-order valence-electron chi connectivity index (χ3n) is 3.06. The van der Waals surface area contributed by atoms with E-state index in [-0.39, 0.29) is 10.6 Å². The van der Waals surface area contributed by atoms with Crippen LogP contribution in [0.2, 0.25) is 0 Å². The highest BCUT2D eigenvalue weighted by atomic mass is 79.9. The summed E-state index contributed by atoms with van der Waals surface area (Å²) in [6.45, 7) is 4.51. The molecule has 6 nitrogen and oxygen atoms in total. The number of nitro benzene ring substituents is 1. The Bertz CT molecular complexity index is 639. The van der Waals surface area contributed by atoms with E-state index in [9.17, 15) is 10.1 Å². The van der Waals surface area contributed by atoms with Gasteiger partial charge >= 0.3 is 0 Å². The summed E-state index contributed by atoms with van der Waals surface area (Å²) in [5.41, 5.74) is 1.24. The Hall–Kier alpha value is -1.76. The SMILES string of the molecule is CCCn1c(CBr)nnc1-c1cccc(C)c1[N+](=O)[O-]. The molecule has 1 heterocycles. The van der Waals surface area contributed by atoms with Gasteiger partial charge in [0.15, 0.2) is 5.82 Å². The third kappa shape index (κ3) is 2.58. The zero-order chi connectivity index (χ0) is 14.7. The summed E-state index contributed by atoms with van der Waals surface area (Å²) < 4.78 is 1.93. The van der Waals surface area contributed by atoms with Gasteiger partial charge < -0.3 is 4.57 Å². The van der Waals surface area contributed by atoms with Crippen LogP contribution in [0.4, 0.5) is 5.69 Å². The first-order valence-corrected chi connectivity index (χ1v) is 7.44. The maximum absolute atomic E-state index is 11.3. The molecule has 0 saturated heterocycles. The molecule has 0 aliphatic heterocycles. The molecule has 0 aliphatic rings. The molecule has 0 N–H and O–H groups in total. The molecule has 0 bridgehead atoms. The molecule has 20 heavy (non-hydrogen) atoms. The monoisotopic (exact) mass is 338 g/mol. The normalized spacial score (nSPS) is 10.8. The molecule has 7 heteroatoms. The molecule has 1 aromatic carbocycles. The maximum atomic E-state index is 11.3. The first-order valence-electron chi connectivity index (χ1n) is 6.32. The van der Waals surface area contributed by atoms with Gasteiger partial charge in [0.2, 0.25) is 0 Å². The fraction of sp³-hybridized carbons (Fsp3) is 0.385. The van der Waals surface area contributed by atoms with Crippen molar-refractivity contribution < 1.29 is 4.92 Å². The van der Waals surface area contributed by atoms with Gasteiger partial charge in [-0.15, -0.1) is 10.2 Å². The lowest BCUT2D eigenvalue weighted by Crippen LogP contribution is -2.05. The van der Waals surface area contributed by atoms with E-state index in [2.05, 4.69) is 26.1 Å². The molecule has 0 amide bonds. The predicted molar refractivity (Wildman–Crippen MR) is 79.8 cm³/mol. The predicted octanol–water partition coefficient (Wildman–Crippen LogP) is 3.47. The van der Waals surface area contributed by atoms with Crippen molar-refractivity contribution in [2.45, 2.75) is 32.1 Å². The van der Waals surface area contributed by atoms with Crippen molar-refractivity contribution in [3.63, 3.8) is 0 Å². The number of nitro groups is 1. The molecule has 0 saturated carbocycles. The summed E-state index contributed by atoms with van der Waals surface area (Å²) in [6.07, 6.45) is 0.907. The molecule has 1 aromatic heterocycles. The average molecular weight is 339 g/mol. The van der Waals surface area contributed by atoms with E-state index in [1.807, 2.05) is 11.5 Å². The number of aryl methyl sites for hydroxylation is 1. The zero-order valence-corrected chi connectivity index (χ0v) is 12.9. The van der Waals surface area contributed by atoms with Crippen LogP contribution in [0.1, 0.15) is 24.7 Å². The highest BCUT2D eigenvalue weighted by Crippen LogP contribution is 2.32. The van der Waals surface area contributed by atoms with Gasteiger partial charge in [0.1, 0.15) is 5.82 Å². The van der Waals surface area contributed by atoms with E-state index in [4.69, 9.17) is 0 Å². The fourth-order valence-electron chi connectivity index (χ4n) is 2.17. The maximum Gasteiger partial charge on any atom is 0.283 e. The Morgan fingerprint density at radius 3 is 2.75 bits per heavy atom. The highest BCUT2D eigenvalue weighted by Gasteiger charge is 2.23. The van der Waals surface area contributed by atoms with Crippen LogP contribution in [-0.4, -0.2) is 19.7 Å². The quantitative estimate of drug-likeness (QED) is 0.475. The largest absolute Gasteiger partial charge is 0.310 e. The van der Waals surface area contributed by atoms with E-state index < -0.39 is 0 Å². The number of para-hydroxylation sites is 1. The second-order valence-corrected chi connectivity index (χ2v) is 5.01. The summed E-state index contributed by atoms with van der Waals surface area (Å²) in [7, 11) is 0. The van der Waals surface area contributed by atoms with Gasteiger partial charge in [-0.1, -0.05) is 35.0 Å². The van der Waals surface area contributed by atoms with E-state index in [1.165, 1.54) is 0 Å². The second kappa shape index (κ2) is 6.13. The van der Waals surface area contributed by atoms with Crippen LogP contribution >= 0.6 is 15.9 Å². The first kappa shape index (κ1) is 14.6. The first-order chi connectivity index (χ1) is 9.60. The van der Waals surface area contributed by atoms with E-state index in [0.29, 0.717) is 22.3 Å². The molecule has 106 valence electrons. The van der Waals surface area contributed by atoms with Gasteiger partial charge in [-0.2, -0.15) is 0 Å². The summed E-state index contributed by atoms with van der Waals surface area (Å²) in [5.74, 6) is 1.33. The lowest BCUT2D eigenvalue weighted by molar-refractivity contribution is -0.384. The van der Waals surface area contributed by atoms with Crippen LogP contribution in [0.5, 0.6) is 0 Å². The zero-order valence-electron chi connectivity index (χ0n) is 11.3. The number of aromatic nitrogens is 3. The average Bonchev–Trinajstić information content (AvgIpc) is 2.81. The minimum absolute atomic E-state index is 0.0957. The summed E-state index contributed by atoms with van der Waals surface area (Å²) in [6, 6.07) is 5.25. The minimum Gasteiger partial charge on any atom is -0.310 e. The molecule has 0 fully saturated rings. The van der Waals surface area contributed by atoms with Crippen LogP contribution in [0, 0.1) is 17.0 Å². The lowest BCUT2D eigenvalue weighted by atomic mass is 10.1. The number of nitrogens with zero attached hydrogens (tertiary/aromatic N) is 4. The van der Waals surface area contributed by atoms with Crippen molar-refractivity contribution in [2.75, 3.05) is 0 Å². The van der Waals surface area contributed by atoms with Crippen LogP contribution in [0.15, 0.2) is 18.2 Å². The molecule has 2 rings (SSSR count). The molecular weight excluding hydrogens is 324 g/mol. The highest BCUT2D eigenvalue weighted by molar-refractivity contribution is 9.08. The van der Waals surface area contributed by atoms with E-state index >= 15 is 0 Å². The van der Waals surface area contributed by atoms with Crippen LogP contribution in [0.3, 0.4) is 0 Å². The van der Waals surface area contributed by atoms with Gasteiger partial charge in [0, 0.05) is 12.1 Å². The van der Waals surface area contributed by atoms with Crippen molar-refractivity contribution in [1.82, 2.24) is 14.8 Å². The summed E-state index contributed by atoms with van der Waals surface area (Å²) in [5, 5.41) is 20.1. The number of hydrogen-bond donors (Lipinski definition) is 0. The van der Waals surface area contributed by atoms with Crippen molar-refractivity contribution in [3.8, 4) is 11.4 Å². The van der Waals surface area contributed by atoms with Crippen LogP contribution < -0.4 is 0 Å². The topological polar surface area (TPSA) is 73.8 Å². The number of hydrogen-bond acceptors (Lipinski definition) is 4. The van der Waals surface area contributed by atoms with Crippen molar-refractivity contribution in [3.05, 3.63) is 39.7 Å². The van der Waals surface area contributed by atoms with Gasteiger partial charge in [-0.3, -0.25) is 10.1 Å². The Balaban J connectivity index is 2.66. The van der Waals surface area contributed by atoms with Crippen molar-refractivity contribution in [2.24, 2.45) is 0 Å². The number of benzene rings is 1. The minimum atomic E-state index is -0.358. The molecular formula is C13H15BrN4O2. The molecule has 0 unspecified atom stereocenters. The molecule has 0 aliphatic carbocycles. The second-order valence-electron chi connectivity index (χ2n) is 4.45. The fourth-order valence-corrected chi connectivity index (χ4v) is 2.59. The van der Waals surface area contributed by atoms with Crippen LogP contribution in [-0.2, 0) is 11.9 Å². The smallest absolute Gasteiger partial charge is 0.283 e. The van der Waals surface area contributed by atoms with E-state index in [1.54, 1.807) is 25.1 Å². The molecule has 0 radical (unpaired) electrons. The van der Waals surface area contributed by atoms with Gasteiger partial charge in [-0.25, -0.2) is 0 Å². The van der Waals surface area contributed by atoms with Crippen molar-refractivity contribution in [1.29, 1.82) is 0 Å².